The van der Waals surface area contributed by atoms with Gasteiger partial charge in [-0.25, -0.2) is 4.68 Å². The van der Waals surface area contributed by atoms with Gasteiger partial charge in [0, 0.05) is 13.6 Å². The summed E-state index contributed by atoms with van der Waals surface area (Å²) in [7, 11) is 1.82. The first-order valence-corrected chi connectivity index (χ1v) is 7.95. The molecule has 0 aliphatic carbocycles. The lowest BCUT2D eigenvalue weighted by molar-refractivity contribution is -0.120. The third-order valence-corrected chi connectivity index (χ3v) is 4.47. The monoisotopic (exact) mass is 314 g/mol. The van der Waals surface area contributed by atoms with Crippen molar-refractivity contribution in [2.75, 3.05) is 18.4 Å². The maximum Gasteiger partial charge on any atom is 0.295 e. The van der Waals surface area contributed by atoms with Crippen LogP contribution < -0.4 is 16.2 Å². The summed E-state index contributed by atoms with van der Waals surface area (Å²) in [6.45, 7) is 3.47. The number of carbonyl (C=O) groups is 1. The molecule has 6 heteroatoms. The maximum atomic E-state index is 12.7. The molecule has 0 spiro atoms. The minimum Gasteiger partial charge on any atom is -0.320 e. The van der Waals surface area contributed by atoms with Gasteiger partial charge in [0.15, 0.2) is 0 Å². The van der Waals surface area contributed by atoms with Crippen molar-refractivity contribution in [2.24, 2.45) is 13.0 Å². The highest BCUT2D eigenvalue weighted by atomic mass is 16.2. The predicted molar refractivity (Wildman–Crippen MR) is 90.0 cm³/mol. The molecule has 0 unspecified atom stereocenters. The van der Waals surface area contributed by atoms with Crippen LogP contribution in [-0.2, 0) is 11.8 Å². The van der Waals surface area contributed by atoms with E-state index in [1.54, 1.807) is 9.36 Å². The first kappa shape index (κ1) is 15.6. The van der Waals surface area contributed by atoms with E-state index >= 15 is 0 Å². The van der Waals surface area contributed by atoms with Crippen molar-refractivity contribution in [3.63, 3.8) is 0 Å². The van der Waals surface area contributed by atoms with E-state index in [1.807, 2.05) is 44.3 Å². The Balaban J connectivity index is 1.92. The largest absolute Gasteiger partial charge is 0.320 e. The summed E-state index contributed by atoms with van der Waals surface area (Å²) in [6.07, 6.45) is 1.84. The highest BCUT2D eigenvalue weighted by molar-refractivity contribution is 5.93. The summed E-state index contributed by atoms with van der Waals surface area (Å²) < 4.78 is 3.34. The van der Waals surface area contributed by atoms with E-state index in [0.717, 1.165) is 30.8 Å². The SMILES string of the molecule is Cc1c(NC(=O)[C@@H]2CCCNC2)c(=O)n(-c2ccccc2)n1C. The van der Waals surface area contributed by atoms with E-state index in [9.17, 15) is 9.59 Å². The van der Waals surface area contributed by atoms with Gasteiger partial charge in [0.2, 0.25) is 5.91 Å². The molecule has 23 heavy (non-hydrogen) atoms. The van der Waals surface area contributed by atoms with Gasteiger partial charge in [0.1, 0.15) is 5.69 Å². The standard InChI is InChI=1S/C17H22N4O2/c1-12-15(19-16(22)13-7-6-10-18-11-13)17(23)21(20(12)2)14-8-4-3-5-9-14/h3-5,8-9,13,18H,6-7,10-11H2,1-2H3,(H,19,22)/t13-/m1/s1. The molecule has 1 aliphatic heterocycles. The number of piperidine rings is 1. The summed E-state index contributed by atoms with van der Waals surface area (Å²) in [6, 6.07) is 9.42. The average molecular weight is 314 g/mol. The Morgan fingerprint density at radius 3 is 2.70 bits per heavy atom. The number of para-hydroxylation sites is 1. The Bertz CT molecular complexity index is 755. The number of amides is 1. The molecule has 1 amide bonds. The molecular weight excluding hydrogens is 292 g/mol. The summed E-state index contributed by atoms with van der Waals surface area (Å²) >= 11 is 0. The molecule has 0 bridgehead atoms. The molecule has 1 aromatic heterocycles. The number of anilines is 1. The summed E-state index contributed by atoms with van der Waals surface area (Å²) in [5.74, 6) is -0.156. The zero-order valence-electron chi connectivity index (χ0n) is 13.5. The van der Waals surface area contributed by atoms with Crippen molar-refractivity contribution >= 4 is 11.6 Å². The third kappa shape index (κ3) is 2.94. The van der Waals surface area contributed by atoms with E-state index in [0.29, 0.717) is 12.2 Å². The van der Waals surface area contributed by atoms with Gasteiger partial charge in [0.05, 0.1) is 17.3 Å². The molecular formula is C17H22N4O2. The van der Waals surface area contributed by atoms with Crippen LogP contribution in [0.2, 0.25) is 0 Å². The van der Waals surface area contributed by atoms with Crippen molar-refractivity contribution in [1.82, 2.24) is 14.7 Å². The zero-order valence-corrected chi connectivity index (χ0v) is 13.5. The van der Waals surface area contributed by atoms with Crippen LogP contribution in [0.25, 0.3) is 5.69 Å². The fourth-order valence-corrected chi connectivity index (χ4v) is 3.01. The maximum absolute atomic E-state index is 12.7. The molecule has 1 atom stereocenters. The second-order valence-corrected chi connectivity index (χ2v) is 5.97. The number of nitrogens with one attached hydrogen (secondary N) is 2. The van der Waals surface area contributed by atoms with Crippen LogP contribution in [0, 0.1) is 12.8 Å². The lowest BCUT2D eigenvalue weighted by Crippen LogP contribution is -2.38. The first-order chi connectivity index (χ1) is 11.1. The summed E-state index contributed by atoms with van der Waals surface area (Å²) in [5.41, 5.74) is 1.69. The molecule has 2 N–H and O–H groups in total. The van der Waals surface area contributed by atoms with Gasteiger partial charge in [-0.15, -0.1) is 0 Å². The molecule has 2 aromatic rings. The number of hydrogen-bond acceptors (Lipinski definition) is 3. The van der Waals surface area contributed by atoms with E-state index in [4.69, 9.17) is 0 Å². The molecule has 1 fully saturated rings. The van der Waals surface area contributed by atoms with Crippen molar-refractivity contribution in [2.45, 2.75) is 19.8 Å². The zero-order chi connectivity index (χ0) is 16.4. The van der Waals surface area contributed by atoms with E-state index < -0.39 is 0 Å². The van der Waals surface area contributed by atoms with Gasteiger partial charge in [0.25, 0.3) is 5.56 Å². The van der Waals surface area contributed by atoms with Crippen LogP contribution in [0.1, 0.15) is 18.5 Å². The second kappa shape index (κ2) is 6.42. The first-order valence-electron chi connectivity index (χ1n) is 7.95. The number of hydrogen-bond donors (Lipinski definition) is 2. The van der Waals surface area contributed by atoms with Gasteiger partial charge in [-0.1, -0.05) is 18.2 Å². The smallest absolute Gasteiger partial charge is 0.295 e. The molecule has 2 heterocycles. The lowest BCUT2D eigenvalue weighted by atomic mass is 9.99. The molecule has 1 aromatic carbocycles. The normalized spacial score (nSPS) is 17.9. The third-order valence-electron chi connectivity index (χ3n) is 4.47. The van der Waals surface area contributed by atoms with Crippen molar-refractivity contribution in [3.8, 4) is 5.69 Å². The van der Waals surface area contributed by atoms with Crippen LogP contribution >= 0.6 is 0 Å². The minimum absolute atomic E-state index is 0.0760. The van der Waals surface area contributed by atoms with Gasteiger partial charge in [-0.05, 0) is 38.4 Å². The molecule has 1 aliphatic rings. The number of carbonyl (C=O) groups excluding carboxylic acids is 1. The van der Waals surface area contributed by atoms with Gasteiger partial charge in [-0.3, -0.25) is 14.3 Å². The van der Waals surface area contributed by atoms with Crippen LogP contribution in [-0.4, -0.2) is 28.4 Å². The molecule has 1 saturated heterocycles. The number of rotatable bonds is 3. The Kier molecular flexibility index (Phi) is 4.34. The minimum atomic E-state index is -0.201. The topological polar surface area (TPSA) is 68.1 Å². The van der Waals surface area contributed by atoms with E-state index in [2.05, 4.69) is 10.6 Å². The second-order valence-electron chi connectivity index (χ2n) is 5.97. The molecule has 0 radical (unpaired) electrons. The fourth-order valence-electron chi connectivity index (χ4n) is 3.01. The van der Waals surface area contributed by atoms with E-state index in [1.165, 1.54) is 0 Å². The Hall–Kier alpha value is -2.34. The quantitative estimate of drug-likeness (QED) is 0.900. The molecule has 122 valence electrons. The number of nitrogens with zero attached hydrogens (tertiary/aromatic N) is 2. The van der Waals surface area contributed by atoms with Crippen LogP contribution in [0.15, 0.2) is 35.1 Å². The van der Waals surface area contributed by atoms with Crippen molar-refractivity contribution in [3.05, 3.63) is 46.4 Å². The Morgan fingerprint density at radius 1 is 1.30 bits per heavy atom. The van der Waals surface area contributed by atoms with Crippen LogP contribution in [0.3, 0.4) is 0 Å². The summed E-state index contributed by atoms with van der Waals surface area (Å²) in [5, 5.41) is 6.07. The Morgan fingerprint density at radius 2 is 2.04 bits per heavy atom. The summed E-state index contributed by atoms with van der Waals surface area (Å²) in [4.78, 5) is 25.2. The number of benzene rings is 1. The van der Waals surface area contributed by atoms with Gasteiger partial charge < -0.3 is 10.6 Å². The predicted octanol–water partition coefficient (Wildman–Crippen LogP) is 1.42. The van der Waals surface area contributed by atoms with Crippen molar-refractivity contribution in [1.29, 1.82) is 0 Å². The number of aromatic nitrogens is 2. The molecule has 3 rings (SSSR count). The average Bonchev–Trinajstić information content (AvgIpc) is 2.80. The van der Waals surface area contributed by atoms with E-state index in [-0.39, 0.29) is 17.4 Å². The highest BCUT2D eigenvalue weighted by Crippen LogP contribution is 2.17. The molecule has 6 nitrogen and oxygen atoms in total. The van der Waals surface area contributed by atoms with Crippen molar-refractivity contribution < 1.29 is 4.79 Å². The highest BCUT2D eigenvalue weighted by Gasteiger charge is 2.24. The van der Waals surface area contributed by atoms with Gasteiger partial charge in [-0.2, -0.15) is 0 Å². The molecule has 0 saturated carbocycles. The Labute approximate surface area is 135 Å². The van der Waals surface area contributed by atoms with Gasteiger partial charge >= 0.3 is 0 Å². The van der Waals surface area contributed by atoms with Crippen LogP contribution in [0.4, 0.5) is 5.69 Å². The van der Waals surface area contributed by atoms with Crippen LogP contribution in [0.5, 0.6) is 0 Å². The fraction of sp³-hybridized carbons (Fsp3) is 0.412. The lowest BCUT2D eigenvalue weighted by Gasteiger charge is -2.21.